The number of anilines is 4. The van der Waals surface area contributed by atoms with Gasteiger partial charge in [-0.25, -0.2) is 19.2 Å². The molecule has 5 rings (SSSR count). The summed E-state index contributed by atoms with van der Waals surface area (Å²) in [6, 6.07) is 2.88. The first-order chi connectivity index (χ1) is 17.4. The molecule has 0 aliphatic carbocycles. The number of nitrogens with one attached hydrogen (secondary N) is 3. The van der Waals surface area contributed by atoms with Crippen LogP contribution in [0.5, 0.6) is 11.6 Å². The van der Waals surface area contributed by atoms with Crippen molar-refractivity contribution in [2.24, 2.45) is 0 Å². The zero-order valence-electron chi connectivity index (χ0n) is 19.4. The number of benzene rings is 1. The average molecular weight is 501 g/mol. The molecule has 36 heavy (non-hydrogen) atoms. The van der Waals surface area contributed by atoms with E-state index in [1.165, 1.54) is 22.1 Å². The van der Waals surface area contributed by atoms with Crippen molar-refractivity contribution >= 4 is 40.9 Å². The quantitative estimate of drug-likeness (QED) is 0.442. The molecular weight excluding hydrogens is 477 g/mol. The smallest absolute Gasteiger partial charge is 0.416 e. The molecule has 1 atom stereocenters. The van der Waals surface area contributed by atoms with E-state index in [4.69, 9.17) is 14.2 Å². The van der Waals surface area contributed by atoms with E-state index in [1.54, 1.807) is 6.07 Å². The van der Waals surface area contributed by atoms with Crippen LogP contribution < -0.4 is 35.2 Å². The van der Waals surface area contributed by atoms with Crippen LogP contribution in [0.3, 0.4) is 0 Å². The van der Waals surface area contributed by atoms with Gasteiger partial charge in [-0.15, -0.1) is 0 Å². The maximum absolute atomic E-state index is 14.5. The molecule has 1 aromatic heterocycles. The molecule has 0 bridgehead atoms. The van der Waals surface area contributed by atoms with E-state index in [1.807, 2.05) is 6.92 Å². The minimum atomic E-state index is -0.592. The number of hydrogen-bond donors (Lipinski definition) is 3. The Labute approximate surface area is 204 Å². The molecule has 3 aliphatic heterocycles. The van der Waals surface area contributed by atoms with E-state index in [-0.39, 0.29) is 61.4 Å². The number of carbonyl (C=O) groups is 3. The topological polar surface area (TPSA) is 147 Å². The number of nitrogens with zero attached hydrogens (tertiary/aromatic N) is 4. The summed E-state index contributed by atoms with van der Waals surface area (Å²) in [6.45, 7) is 3.21. The largest absolute Gasteiger partial charge is 0.487 e. The van der Waals surface area contributed by atoms with Gasteiger partial charge in [-0.2, -0.15) is 0 Å². The van der Waals surface area contributed by atoms with Gasteiger partial charge in [0, 0.05) is 19.6 Å². The van der Waals surface area contributed by atoms with Crippen molar-refractivity contribution in [1.82, 2.24) is 15.3 Å². The van der Waals surface area contributed by atoms with Crippen molar-refractivity contribution in [3.63, 3.8) is 0 Å². The molecule has 1 aromatic carbocycles. The van der Waals surface area contributed by atoms with Crippen LogP contribution in [0.15, 0.2) is 18.3 Å². The second-order valence-electron chi connectivity index (χ2n) is 8.15. The fraction of sp³-hybridized carbons (Fsp3) is 0.409. The summed E-state index contributed by atoms with van der Waals surface area (Å²) in [5.41, 5.74) is 1.03. The van der Waals surface area contributed by atoms with Crippen molar-refractivity contribution < 1.29 is 33.0 Å². The predicted molar refractivity (Wildman–Crippen MR) is 125 cm³/mol. The molecule has 4 heterocycles. The molecule has 2 aromatic rings. The molecule has 190 valence electrons. The molecule has 0 spiro atoms. The molecule has 3 N–H and O–H groups in total. The van der Waals surface area contributed by atoms with E-state index in [0.717, 1.165) is 0 Å². The number of halogens is 1. The van der Waals surface area contributed by atoms with Crippen molar-refractivity contribution in [2.45, 2.75) is 13.0 Å². The van der Waals surface area contributed by atoms with Gasteiger partial charge in [-0.1, -0.05) is 0 Å². The highest BCUT2D eigenvalue weighted by atomic mass is 19.1. The number of fused-ring (bicyclic) bond motifs is 2. The number of amides is 3. The second-order valence-corrected chi connectivity index (χ2v) is 8.15. The molecule has 0 unspecified atom stereocenters. The number of rotatable bonds is 8. The number of carbonyl (C=O) groups excluding carboxylic acids is 3. The standard InChI is InChI=1S/C22H24FN7O6/c1-2-29-17(32)9-25-14-4-3-13(23)19(18(14)29)34-6-5-24-7-12-10-30(22(33)36-12)15-8-26-21-20(27-15)28-16(31)11-35-21/h3-4,8,12,24-25H,2,5-7,9-11H2,1H3,(H,27,28,31)/t12-/m0/s1. The molecule has 3 aliphatic rings. The highest BCUT2D eigenvalue weighted by molar-refractivity contribution is 6.04. The highest BCUT2D eigenvalue weighted by Gasteiger charge is 2.34. The Hall–Kier alpha value is -4.20. The molecule has 1 fully saturated rings. The van der Waals surface area contributed by atoms with Crippen LogP contribution in [-0.2, 0) is 14.3 Å². The van der Waals surface area contributed by atoms with Crippen LogP contribution in [0.1, 0.15) is 6.92 Å². The summed E-state index contributed by atoms with van der Waals surface area (Å²) < 4.78 is 30.8. The molecule has 14 heteroatoms. The number of likely N-dealkylation sites (N-methyl/N-ethyl adjacent to an activating group) is 1. The Balaban J connectivity index is 1.14. The first-order valence-electron chi connectivity index (χ1n) is 11.4. The Morgan fingerprint density at radius 3 is 3.00 bits per heavy atom. The van der Waals surface area contributed by atoms with Gasteiger partial charge in [0.25, 0.3) is 11.8 Å². The summed E-state index contributed by atoms with van der Waals surface area (Å²) in [5.74, 6) is -0.517. The van der Waals surface area contributed by atoms with Gasteiger partial charge >= 0.3 is 6.09 Å². The highest BCUT2D eigenvalue weighted by Crippen LogP contribution is 2.40. The van der Waals surface area contributed by atoms with E-state index >= 15 is 0 Å². The number of aromatic nitrogens is 2. The normalized spacial score (nSPS) is 18.6. The summed E-state index contributed by atoms with van der Waals surface area (Å²) in [7, 11) is 0. The van der Waals surface area contributed by atoms with Crippen molar-refractivity contribution in [3.8, 4) is 11.6 Å². The van der Waals surface area contributed by atoms with Crippen LogP contribution in [-0.4, -0.2) is 79.9 Å². The minimum Gasteiger partial charge on any atom is -0.487 e. The number of hydrogen-bond acceptors (Lipinski definition) is 10. The fourth-order valence-electron chi connectivity index (χ4n) is 4.11. The Kier molecular flexibility index (Phi) is 6.41. The maximum atomic E-state index is 14.5. The Morgan fingerprint density at radius 1 is 1.31 bits per heavy atom. The van der Waals surface area contributed by atoms with Gasteiger partial charge in [0.15, 0.2) is 29.8 Å². The second kappa shape index (κ2) is 9.81. The zero-order valence-corrected chi connectivity index (χ0v) is 19.4. The van der Waals surface area contributed by atoms with Gasteiger partial charge in [0.2, 0.25) is 5.91 Å². The predicted octanol–water partition coefficient (Wildman–Crippen LogP) is 0.719. The molecule has 1 saturated heterocycles. The third kappa shape index (κ3) is 4.54. The summed E-state index contributed by atoms with van der Waals surface area (Å²) in [6.07, 6.45) is 0.306. The average Bonchev–Trinajstić information content (AvgIpc) is 3.24. The lowest BCUT2D eigenvalue weighted by molar-refractivity contribution is -0.119. The summed E-state index contributed by atoms with van der Waals surface area (Å²) in [5, 5.41) is 8.65. The third-order valence-electron chi connectivity index (χ3n) is 5.77. The maximum Gasteiger partial charge on any atom is 0.416 e. The number of cyclic esters (lactones) is 1. The van der Waals surface area contributed by atoms with Crippen molar-refractivity contribution in [3.05, 3.63) is 24.1 Å². The molecule has 3 amide bonds. The van der Waals surface area contributed by atoms with Crippen LogP contribution in [0.2, 0.25) is 0 Å². The van der Waals surface area contributed by atoms with Gasteiger partial charge in [-0.3, -0.25) is 14.5 Å². The third-order valence-corrected chi connectivity index (χ3v) is 5.77. The van der Waals surface area contributed by atoms with E-state index in [2.05, 4.69) is 25.9 Å². The Morgan fingerprint density at radius 2 is 2.17 bits per heavy atom. The zero-order chi connectivity index (χ0) is 25.2. The summed E-state index contributed by atoms with van der Waals surface area (Å²) in [4.78, 5) is 47.2. The van der Waals surface area contributed by atoms with E-state index in [0.29, 0.717) is 31.0 Å². The van der Waals surface area contributed by atoms with Gasteiger partial charge in [0.1, 0.15) is 18.4 Å². The van der Waals surface area contributed by atoms with Crippen molar-refractivity contribution in [1.29, 1.82) is 0 Å². The van der Waals surface area contributed by atoms with Crippen LogP contribution >= 0.6 is 0 Å². The first kappa shape index (κ1) is 23.5. The fourth-order valence-corrected chi connectivity index (χ4v) is 4.11. The lowest BCUT2D eigenvalue weighted by Gasteiger charge is -2.31. The van der Waals surface area contributed by atoms with Gasteiger partial charge in [0.05, 0.1) is 25.0 Å². The monoisotopic (exact) mass is 501 g/mol. The minimum absolute atomic E-state index is 0.0113. The molecule has 13 nitrogen and oxygen atoms in total. The SMILES string of the molecule is CCN1C(=O)CNc2ccc(F)c(OCCNC[C@H]3CN(c4cnc5c(n4)NC(=O)CO5)C(=O)O3)c21. The van der Waals surface area contributed by atoms with Gasteiger partial charge < -0.3 is 35.1 Å². The van der Waals surface area contributed by atoms with Gasteiger partial charge in [-0.05, 0) is 19.1 Å². The van der Waals surface area contributed by atoms with Crippen LogP contribution in [0.4, 0.5) is 32.2 Å². The first-order valence-corrected chi connectivity index (χ1v) is 11.4. The lowest BCUT2D eigenvalue weighted by atomic mass is 10.1. The molecule has 0 saturated carbocycles. The van der Waals surface area contributed by atoms with Crippen molar-refractivity contribution in [2.75, 3.05) is 66.4 Å². The van der Waals surface area contributed by atoms with Crippen LogP contribution in [0.25, 0.3) is 0 Å². The molecule has 0 radical (unpaired) electrons. The summed E-state index contributed by atoms with van der Waals surface area (Å²) >= 11 is 0. The Bertz CT molecular complexity index is 1210. The molecular formula is C22H24FN7O6. The number of ether oxygens (including phenoxy) is 3. The van der Waals surface area contributed by atoms with E-state index in [9.17, 15) is 18.8 Å². The van der Waals surface area contributed by atoms with Crippen LogP contribution in [0, 0.1) is 5.82 Å². The lowest BCUT2D eigenvalue weighted by Crippen LogP contribution is -2.40. The van der Waals surface area contributed by atoms with E-state index < -0.39 is 18.0 Å².